The second-order valence-electron chi connectivity index (χ2n) is 8.06. The highest BCUT2D eigenvalue weighted by Crippen LogP contribution is 2.28. The molecule has 156 valence electrons. The molecule has 2 aliphatic rings. The molecule has 0 atom stereocenters. The number of benzene rings is 1. The number of nitrogens with zero attached hydrogens (tertiary/aromatic N) is 3. The lowest BCUT2D eigenvalue weighted by molar-refractivity contribution is -0.126. The smallest absolute Gasteiger partial charge is 0.243 e. The van der Waals surface area contributed by atoms with Crippen molar-refractivity contribution < 1.29 is 13.2 Å². The van der Waals surface area contributed by atoms with Gasteiger partial charge in [0.2, 0.25) is 15.9 Å². The molecule has 1 aliphatic heterocycles. The molecule has 1 amide bonds. The van der Waals surface area contributed by atoms with Gasteiger partial charge in [-0.25, -0.2) is 8.42 Å². The van der Waals surface area contributed by atoms with Crippen LogP contribution in [0.15, 0.2) is 35.5 Å². The number of piperidine rings is 1. The zero-order valence-electron chi connectivity index (χ0n) is 16.8. The van der Waals surface area contributed by atoms with Crippen molar-refractivity contribution in [3.05, 3.63) is 47.3 Å². The van der Waals surface area contributed by atoms with Gasteiger partial charge in [0, 0.05) is 44.4 Å². The van der Waals surface area contributed by atoms with Crippen LogP contribution in [0, 0.1) is 5.92 Å². The van der Waals surface area contributed by atoms with E-state index in [1.54, 1.807) is 16.9 Å². The predicted molar refractivity (Wildman–Crippen MR) is 110 cm³/mol. The first kappa shape index (κ1) is 20.1. The lowest BCUT2D eigenvalue weighted by atomic mass is 9.92. The van der Waals surface area contributed by atoms with Gasteiger partial charge in [0.05, 0.1) is 11.1 Å². The molecule has 0 spiro atoms. The topological polar surface area (TPSA) is 84.3 Å². The minimum Gasteiger partial charge on any atom is -0.352 e. The molecule has 7 nitrogen and oxygen atoms in total. The van der Waals surface area contributed by atoms with E-state index in [1.807, 2.05) is 25.4 Å². The van der Waals surface area contributed by atoms with Crippen molar-refractivity contribution in [3.8, 4) is 0 Å². The summed E-state index contributed by atoms with van der Waals surface area (Å²) in [5.74, 6) is -0.165. The number of nitrogens with one attached hydrogen (secondary N) is 1. The zero-order valence-corrected chi connectivity index (χ0v) is 17.6. The maximum atomic E-state index is 13.1. The third-order valence-electron chi connectivity index (χ3n) is 6.01. The number of amides is 1. The van der Waals surface area contributed by atoms with Crippen molar-refractivity contribution in [2.45, 2.75) is 50.0 Å². The molecular formula is C21H28N4O3S. The average Bonchev–Trinajstić information content (AvgIpc) is 3.17. The largest absolute Gasteiger partial charge is 0.352 e. The van der Waals surface area contributed by atoms with Gasteiger partial charge in [-0.3, -0.25) is 9.48 Å². The second kappa shape index (κ2) is 8.28. The van der Waals surface area contributed by atoms with E-state index in [-0.39, 0.29) is 11.8 Å². The Kier molecular flexibility index (Phi) is 5.74. The van der Waals surface area contributed by atoms with Crippen molar-refractivity contribution >= 4 is 15.9 Å². The summed E-state index contributed by atoms with van der Waals surface area (Å²) in [6.45, 7) is 1.20. The average molecular weight is 417 g/mol. The predicted octanol–water partition coefficient (Wildman–Crippen LogP) is 2.02. The van der Waals surface area contributed by atoms with Crippen LogP contribution in [0.2, 0.25) is 0 Å². The Morgan fingerprint density at radius 3 is 2.59 bits per heavy atom. The minimum atomic E-state index is -3.51. The number of fused-ring (bicyclic) bond motifs is 1. The molecule has 4 rings (SSSR count). The summed E-state index contributed by atoms with van der Waals surface area (Å²) in [4.78, 5) is 12.8. The van der Waals surface area contributed by atoms with Gasteiger partial charge >= 0.3 is 0 Å². The van der Waals surface area contributed by atoms with Crippen molar-refractivity contribution in [2.24, 2.45) is 13.0 Å². The number of sulfonamides is 1. The fourth-order valence-corrected chi connectivity index (χ4v) is 5.80. The van der Waals surface area contributed by atoms with Crippen LogP contribution in [0.1, 0.15) is 42.4 Å². The number of hydrogen-bond donors (Lipinski definition) is 1. The van der Waals surface area contributed by atoms with Crippen LogP contribution >= 0.6 is 0 Å². The highest BCUT2D eigenvalue weighted by atomic mass is 32.2. The summed E-state index contributed by atoms with van der Waals surface area (Å²) in [6, 6.07) is 5.57. The summed E-state index contributed by atoms with van der Waals surface area (Å²) in [6.07, 6.45) is 8.98. The van der Waals surface area contributed by atoms with Gasteiger partial charge in [-0.1, -0.05) is 6.07 Å². The highest BCUT2D eigenvalue weighted by molar-refractivity contribution is 7.89. The van der Waals surface area contributed by atoms with E-state index in [2.05, 4.69) is 10.4 Å². The molecule has 2 aromatic rings. The Morgan fingerprint density at radius 1 is 1.17 bits per heavy atom. The molecular weight excluding hydrogens is 388 g/mol. The number of carbonyl (C=O) groups is 1. The maximum absolute atomic E-state index is 13.1. The first-order chi connectivity index (χ1) is 13.9. The summed E-state index contributed by atoms with van der Waals surface area (Å²) in [5.41, 5.74) is 3.40. The normalized spacial score (nSPS) is 18.4. The van der Waals surface area contributed by atoms with Crippen LogP contribution in [-0.2, 0) is 41.3 Å². The summed E-state index contributed by atoms with van der Waals surface area (Å²) >= 11 is 0. The molecule has 0 radical (unpaired) electrons. The van der Waals surface area contributed by atoms with Gasteiger partial charge in [-0.2, -0.15) is 9.40 Å². The lowest BCUT2D eigenvalue weighted by Gasteiger charge is -2.31. The molecule has 1 aromatic carbocycles. The quantitative estimate of drug-likeness (QED) is 0.808. The van der Waals surface area contributed by atoms with E-state index in [1.165, 1.54) is 21.9 Å². The number of rotatable bonds is 5. The van der Waals surface area contributed by atoms with Gasteiger partial charge in [0.25, 0.3) is 0 Å². The third kappa shape index (κ3) is 4.38. The maximum Gasteiger partial charge on any atom is 0.243 e. The Hall–Kier alpha value is -2.19. The number of hydrogen-bond acceptors (Lipinski definition) is 4. The van der Waals surface area contributed by atoms with Crippen LogP contribution in [0.25, 0.3) is 0 Å². The van der Waals surface area contributed by atoms with E-state index >= 15 is 0 Å². The molecule has 2 heterocycles. The molecule has 8 heteroatoms. The van der Waals surface area contributed by atoms with E-state index in [0.717, 1.165) is 24.8 Å². The van der Waals surface area contributed by atoms with Crippen LogP contribution in [0.4, 0.5) is 0 Å². The fraction of sp³-hybridized carbons (Fsp3) is 0.524. The van der Waals surface area contributed by atoms with Crippen LogP contribution in [0.3, 0.4) is 0 Å². The number of aromatic nitrogens is 2. The zero-order chi connectivity index (χ0) is 20.4. The van der Waals surface area contributed by atoms with Gasteiger partial charge in [0.15, 0.2) is 0 Å². The molecule has 1 fully saturated rings. The standard InChI is InChI=1S/C21H28N4O3S/c1-24-15-16(14-23-24)13-22-21(26)18-8-10-25(11-9-18)29(27,28)20-7-6-17-4-2-3-5-19(17)12-20/h6-7,12,14-15,18H,2-5,8-11,13H2,1H3,(H,22,26). The molecule has 0 unspecified atom stereocenters. The molecule has 1 saturated heterocycles. The Balaban J connectivity index is 1.35. The highest BCUT2D eigenvalue weighted by Gasteiger charge is 2.32. The van der Waals surface area contributed by atoms with Gasteiger partial charge in [0.1, 0.15) is 0 Å². The fourth-order valence-electron chi connectivity index (χ4n) is 4.27. The van der Waals surface area contributed by atoms with Gasteiger partial charge in [-0.05, 0) is 61.8 Å². The molecule has 1 aromatic heterocycles. The lowest BCUT2D eigenvalue weighted by Crippen LogP contribution is -2.42. The van der Waals surface area contributed by atoms with Crippen molar-refractivity contribution in [3.63, 3.8) is 0 Å². The SMILES string of the molecule is Cn1cc(CNC(=O)C2CCN(S(=O)(=O)c3ccc4c(c3)CCCC4)CC2)cn1. The van der Waals surface area contributed by atoms with Crippen LogP contribution in [0.5, 0.6) is 0 Å². The van der Waals surface area contributed by atoms with Gasteiger partial charge < -0.3 is 5.32 Å². The Labute approximate surface area is 172 Å². The summed E-state index contributed by atoms with van der Waals surface area (Å²) in [7, 11) is -1.67. The molecule has 1 aliphatic carbocycles. The van der Waals surface area contributed by atoms with E-state index in [9.17, 15) is 13.2 Å². The molecule has 29 heavy (non-hydrogen) atoms. The third-order valence-corrected chi connectivity index (χ3v) is 7.90. The molecule has 0 saturated carbocycles. The van der Waals surface area contributed by atoms with E-state index < -0.39 is 10.0 Å². The van der Waals surface area contributed by atoms with Crippen LogP contribution < -0.4 is 5.32 Å². The van der Waals surface area contributed by atoms with Crippen molar-refractivity contribution in [1.29, 1.82) is 0 Å². The number of carbonyl (C=O) groups excluding carboxylic acids is 1. The summed E-state index contributed by atoms with van der Waals surface area (Å²) in [5, 5.41) is 7.03. The molecule has 0 bridgehead atoms. The first-order valence-electron chi connectivity index (χ1n) is 10.3. The van der Waals surface area contributed by atoms with Gasteiger partial charge in [-0.15, -0.1) is 0 Å². The second-order valence-corrected chi connectivity index (χ2v) is 9.99. The van der Waals surface area contributed by atoms with Crippen molar-refractivity contribution in [2.75, 3.05) is 13.1 Å². The monoisotopic (exact) mass is 416 g/mol. The first-order valence-corrected chi connectivity index (χ1v) is 11.7. The summed E-state index contributed by atoms with van der Waals surface area (Å²) < 4.78 is 29.4. The Morgan fingerprint density at radius 2 is 1.90 bits per heavy atom. The van der Waals surface area contributed by atoms with Crippen LogP contribution in [-0.4, -0.2) is 41.5 Å². The minimum absolute atomic E-state index is 0.0142. The molecule has 1 N–H and O–H groups in total. The van der Waals surface area contributed by atoms with E-state index in [0.29, 0.717) is 37.4 Å². The number of aryl methyl sites for hydroxylation is 3. The van der Waals surface area contributed by atoms with Crippen molar-refractivity contribution in [1.82, 2.24) is 19.4 Å². The Bertz CT molecular complexity index is 991. The van der Waals surface area contributed by atoms with E-state index in [4.69, 9.17) is 0 Å².